The predicted molar refractivity (Wildman–Crippen MR) is 66.8 cm³/mol. The number of hydrogen-bond acceptors (Lipinski definition) is 3. The Labute approximate surface area is 105 Å². The van der Waals surface area contributed by atoms with Crippen LogP contribution >= 0.6 is 11.6 Å². The fourth-order valence-electron chi connectivity index (χ4n) is 1.74. The number of halogens is 1. The van der Waals surface area contributed by atoms with Gasteiger partial charge in [0.1, 0.15) is 5.82 Å². The third kappa shape index (κ3) is 2.58. The zero-order valence-corrected chi connectivity index (χ0v) is 10.2. The van der Waals surface area contributed by atoms with E-state index in [1.165, 1.54) is 17.8 Å². The second-order valence-corrected chi connectivity index (χ2v) is 4.48. The molecular weight excluding hydrogens is 240 g/mol. The van der Waals surface area contributed by atoms with Gasteiger partial charge in [-0.05, 0) is 19.4 Å². The molecule has 0 aromatic carbocycles. The van der Waals surface area contributed by atoms with E-state index in [-0.39, 0.29) is 10.6 Å². The van der Waals surface area contributed by atoms with Crippen LogP contribution in [0.4, 0.5) is 5.82 Å². The number of hydrogen-bond donors (Lipinski definition) is 1. The molecule has 1 aromatic heterocycles. The summed E-state index contributed by atoms with van der Waals surface area (Å²) in [5.74, 6) is -0.363. The number of carbonyl (C=O) groups is 1. The average molecular weight is 253 g/mol. The Morgan fingerprint density at radius 3 is 2.94 bits per heavy atom. The number of aromatic nitrogens is 1. The highest BCUT2D eigenvalue weighted by atomic mass is 35.5. The fourth-order valence-corrected chi connectivity index (χ4v) is 1.93. The Kier molecular flexibility index (Phi) is 3.33. The maximum absolute atomic E-state index is 11.0. The molecule has 2 rings (SSSR count). The molecule has 0 saturated heterocycles. The minimum absolute atomic E-state index is 0.0999. The van der Waals surface area contributed by atoms with E-state index in [2.05, 4.69) is 18.0 Å². The number of carboxylic acids is 1. The van der Waals surface area contributed by atoms with Gasteiger partial charge >= 0.3 is 5.97 Å². The van der Waals surface area contributed by atoms with E-state index in [9.17, 15) is 4.79 Å². The summed E-state index contributed by atoms with van der Waals surface area (Å²) in [6.45, 7) is 3.71. The maximum Gasteiger partial charge on any atom is 0.337 e. The minimum Gasteiger partial charge on any atom is -0.478 e. The summed E-state index contributed by atoms with van der Waals surface area (Å²) >= 11 is 5.78. The lowest BCUT2D eigenvalue weighted by atomic mass is 10.1. The monoisotopic (exact) mass is 252 g/mol. The summed E-state index contributed by atoms with van der Waals surface area (Å²) in [6.07, 6.45) is 4.50. The van der Waals surface area contributed by atoms with Crippen LogP contribution in [0.2, 0.25) is 5.02 Å². The number of anilines is 1. The van der Waals surface area contributed by atoms with Crippen LogP contribution in [0, 0.1) is 0 Å². The minimum atomic E-state index is -1.03. The van der Waals surface area contributed by atoms with Gasteiger partial charge < -0.3 is 10.0 Å². The van der Waals surface area contributed by atoms with Crippen LogP contribution in [-0.2, 0) is 0 Å². The van der Waals surface area contributed by atoms with Gasteiger partial charge in [-0.3, -0.25) is 0 Å². The first-order valence-corrected chi connectivity index (χ1v) is 5.75. The molecule has 5 heteroatoms. The first-order valence-electron chi connectivity index (χ1n) is 5.37. The van der Waals surface area contributed by atoms with Gasteiger partial charge in [0.05, 0.1) is 10.6 Å². The second kappa shape index (κ2) is 4.75. The molecule has 17 heavy (non-hydrogen) atoms. The number of carboxylic acid groups (broad SMARTS) is 1. The second-order valence-electron chi connectivity index (χ2n) is 4.07. The number of nitrogens with zero attached hydrogens (tertiary/aromatic N) is 2. The quantitative estimate of drug-likeness (QED) is 0.822. The van der Waals surface area contributed by atoms with E-state index >= 15 is 0 Å². The van der Waals surface area contributed by atoms with Crippen molar-refractivity contribution < 1.29 is 9.90 Å². The Balaban J connectivity index is 2.28. The van der Waals surface area contributed by atoms with Crippen LogP contribution in [0.25, 0.3) is 0 Å². The summed E-state index contributed by atoms with van der Waals surface area (Å²) in [5.41, 5.74) is 1.46. The summed E-state index contributed by atoms with van der Waals surface area (Å²) < 4.78 is 0. The van der Waals surface area contributed by atoms with Gasteiger partial charge in [-0.25, -0.2) is 9.78 Å². The van der Waals surface area contributed by atoms with Crippen LogP contribution in [-0.4, -0.2) is 29.1 Å². The van der Waals surface area contributed by atoms with Crippen molar-refractivity contribution >= 4 is 23.4 Å². The SMILES string of the molecule is CC1=CCN(c2cc(C(=O)O)c(Cl)cn2)CC1. The van der Waals surface area contributed by atoms with E-state index in [0.717, 1.165) is 19.5 Å². The molecule has 0 saturated carbocycles. The molecule has 90 valence electrons. The van der Waals surface area contributed by atoms with Gasteiger partial charge in [-0.2, -0.15) is 0 Å². The van der Waals surface area contributed by atoms with Crippen molar-refractivity contribution in [3.8, 4) is 0 Å². The number of aromatic carboxylic acids is 1. The molecule has 2 heterocycles. The summed E-state index contributed by atoms with van der Waals surface area (Å²) in [6, 6.07) is 1.53. The van der Waals surface area contributed by atoms with E-state index in [0.29, 0.717) is 5.82 Å². The van der Waals surface area contributed by atoms with Gasteiger partial charge in [0.2, 0.25) is 0 Å². The van der Waals surface area contributed by atoms with Gasteiger partial charge in [-0.15, -0.1) is 0 Å². The molecule has 0 amide bonds. The van der Waals surface area contributed by atoms with Crippen LogP contribution in [0.3, 0.4) is 0 Å². The topological polar surface area (TPSA) is 53.4 Å². The molecule has 1 aliphatic rings. The van der Waals surface area contributed by atoms with Crippen molar-refractivity contribution in [2.75, 3.05) is 18.0 Å². The molecule has 4 nitrogen and oxygen atoms in total. The zero-order chi connectivity index (χ0) is 12.4. The van der Waals surface area contributed by atoms with Crippen molar-refractivity contribution in [3.63, 3.8) is 0 Å². The number of rotatable bonds is 2. The van der Waals surface area contributed by atoms with Gasteiger partial charge in [0.25, 0.3) is 0 Å². The molecule has 0 spiro atoms. The first-order chi connectivity index (χ1) is 8.08. The highest BCUT2D eigenvalue weighted by Gasteiger charge is 2.15. The lowest BCUT2D eigenvalue weighted by Crippen LogP contribution is -2.29. The van der Waals surface area contributed by atoms with Crippen LogP contribution in [0.15, 0.2) is 23.9 Å². The van der Waals surface area contributed by atoms with Crippen molar-refractivity contribution in [2.45, 2.75) is 13.3 Å². The lowest BCUT2D eigenvalue weighted by molar-refractivity contribution is 0.0697. The van der Waals surface area contributed by atoms with E-state index in [1.54, 1.807) is 0 Å². The third-order valence-electron chi connectivity index (χ3n) is 2.83. The molecule has 0 radical (unpaired) electrons. The standard InChI is InChI=1S/C12H13ClN2O2/c1-8-2-4-15(5-3-8)11-6-9(12(16)17)10(13)7-14-11/h2,6-7H,3-5H2,1H3,(H,16,17). The summed E-state index contributed by atoms with van der Waals surface area (Å²) in [7, 11) is 0. The Hall–Kier alpha value is -1.55. The van der Waals surface area contributed by atoms with Gasteiger partial charge in [0, 0.05) is 19.3 Å². The maximum atomic E-state index is 11.0. The molecule has 1 aromatic rings. The summed E-state index contributed by atoms with van der Waals surface area (Å²) in [5, 5.41) is 9.16. The molecule has 0 bridgehead atoms. The van der Waals surface area contributed by atoms with Crippen LogP contribution < -0.4 is 4.90 Å². The first kappa shape index (κ1) is 11.9. The molecular formula is C12H13ClN2O2. The largest absolute Gasteiger partial charge is 0.478 e. The highest BCUT2D eigenvalue weighted by Crippen LogP contribution is 2.22. The van der Waals surface area contributed by atoms with Crippen molar-refractivity contribution in [3.05, 3.63) is 34.5 Å². The van der Waals surface area contributed by atoms with Crippen LogP contribution in [0.1, 0.15) is 23.7 Å². The van der Waals surface area contributed by atoms with Crippen molar-refractivity contribution in [1.29, 1.82) is 0 Å². The molecule has 0 atom stereocenters. The van der Waals surface area contributed by atoms with Gasteiger partial charge in [-0.1, -0.05) is 23.3 Å². The molecule has 1 N–H and O–H groups in total. The highest BCUT2D eigenvalue weighted by molar-refractivity contribution is 6.33. The van der Waals surface area contributed by atoms with E-state index < -0.39 is 5.97 Å². The summed E-state index contributed by atoms with van der Waals surface area (Å²) in [4.78, 5) is 17.2. The third-order valence-corrected chi connectivity index (χ3v) is 3.13. The van der Waals surface area contributed by atoms with Crippen LogP contribution in [0.5, 0.6) is 0 Å². The predicted octanol–water partition coefficient (Wildman–Crippen LogP) is 2.59. The Morgan fingerprint density at radius 2 is 2.35 bits per heavy atom. The molecule has 1 aliphatic heterocycles. The van der Waals surface area contributed by atoms with Crippen molar-refractivity contribution in [2.24, 2.45) is 0 Å². The molecule has 0 aliphatic carbocycles. The lowest BCUT2D eigenvalue weighted by Gasteiger charge is -2.26. The van der Waals surface area contributed by atoms with Gasteiger partial charge in [0.15, 0.2) is 0 Å². The Morgan fingerprint density at radius 1 is 1.59 bits per heavy atom. The Bertz CT molecular complexity index is 485. The fraction of sp³-hybridized carbons (Fsp3) is 0.333. The molecule has 0 unspecified atom stereocenters. The molecule has 0 fully saturated rings. The number of pyridine rings is 1. The zero-order valence-electron chi connectivity index (χ0n) is 9.48. The smallest absolute Gasteiger partial charge is 0.337 e. The average Bonchev–Trinajstić information content (AvgIpc) is 2.30. The van der Waals surface area contributed by atoms with Crippen molar-refractivity contribution in [1.82, 2.24) is 4.98 Å². The normalized spacial score (nSPS) is 15.6. The van der Waals surface area contributed by atoms with E-state index in [1.807, 2.05) is 4.90 Å². The van der Waals surface area contributed by atoms with E-state index in [4.69, 9.17) is 16.7 Å².